The van der Waals surface area contributed by atoms with Gasteiger partial charge >= 0.3 is 0 Å². The zero-order valence-electron chi connectivity index (χ0n) is 8.54. The van der Waals surface area contributed by atoms with Gasteiger partial charge in [0.1, 0.15) is 0 Å². The first-order valence-corrected chi connectivity index (χ1v) is 4.81. The molecular weight excluding hydrogens is 198 g/mol. The first-order valence-electron chi connectivity index (χ1n) is 4.81. The molecule has 0 N–H and O–H groups in total. The van der Waals surface area contributed by atoms with Crippen LogP contribution in [0.1, 0.15) is 5.69 Å². The second kappa shape index (κ2) is 4.85. The number of hydrogen-bond acceptors (Lipinski definition) is 2. The highest BCUT2D eigenvalue weighted by atomic mass is 14.8. The highest BCUT2D eigenvalue weighted by molar-refractivity contribution is 5.79. The van der Waals surface area contributed by atoms with Crippen LogP contribution in [0.3, 0.4) is 0 Å². The Morgan fingerprint density at radius 2 is 1.94 bits per heavy atom. The van der Waals surface area contributed by atoms with Crippen molar-refractivity contribution < 1.29 is 0 Å². The van der Waals surface area contributed by atoms with E-state index in [0.717, 1.165) is 11.4 Å². The highest BCUT2D eigenvalue weighted by Crippen LogP contribution is 2.17. The molecule has 0 radical (unpaired) electrons. The lowest BCUT2D eigenvalue weighted by molar-refractivity contribution is 1.30. The molecule has 0 saturated carbocycles. The van der Waals surface area contributed by atoms with E-state index in [-0.39, 0.29) is 0 Å². The minimum Gasteiger partial charge on any atom is -0.255 e. The fourth-order valence-corrected chi connectivity index (χ4v) is 1.21. The van der Waals surface area contributed by atoms with Gasteiger partial charge in [-0.2, -0.15) is 0 Å². The van der Waals surface area contributed by atoms with E-state index >= 15 is 0 Å². The Morgan fingerprint density at radius 3 is 2.56 bits per heavy atom. The topological polar surface area (TPSA) is 29.6 Å². The number of hydrogen-bond donors (Lipinski definition) is 0. The Bertz CT molecular complexity index is 521. The Morgan fingerprint density at radius 1 is 1.12 bits per heavy atom. The van der Waals surface area contributed by atoms with Gasteiger partial charge in [0.15, 0.2) is 5.69 Å². The Labute approximate surface area is 93.9 Å². The number of nitrogens with zero attached hydrogens (tertiary/aromatic N) is 3. The molecule has 0 atom stereocenters. The van der Waals surface area contributed by atoms with Crippen molar-refractivity contribution in [1.29, 1.82) is 0 Å². The SMILES string of the molecule is [C-]#[N+]c1ccc(N=Cc2ccccn2)cc1. The molecule has 3 heteroatoms. The largest absolute Gasteiger partial charge is 0.255 e. The Hall–Kier alpha value is -2.47. The van der Waals surface area contributed by atoms with Crippen molar-refractivity contribution in [2.75, 3.05) is 0 Å². The Balaban J connectivity index is 2.15. The zero-order chi connectivity index (χ0) is 11.2. The summed E-state index contributed by atoms with van der Waals surface area (Å²) < 4.78 is 0. The maximum Gasteiger partial charge on any atom is 0.187 e. The molecule has 3 nitrogen and oxygen atoms in total. The molecule has 76 valence electrons. The first kappa shape index (κ1) is 10.1. The fraction of sp³-hybridized carbons (Fsp3) is 0. The summed E-state index contributed by atoms with van der Waals surface area (Å²) >= 11 is 0. The molecule has 2 aromatic rings. The molecule has 0 unspecified atom stereocenters. The maximum atomic E-state index is 6.83. The monoisotopic (exact) mass is 207 g/mol. The predicted molar refractivity (Wildman–Crippen MR) is 64.2 cm³/mol. The molecule has 0 bridgehead atoms. The normalized spacial score (nSPS) is 10.2. The molecule has 1 heterocycles. The smallest absolute Gasteiger partial charge is 0.187 e. The number of aliphatic imine (C=N–C) groups is 1. The number of benzene rings is 1. The molecule has 2 rings (SSSR count). The van der Waals surface area contributed by atoms with Gasteiger partial charge in [-0.05, 0) is 24.3 Å². The molecule has 1 aromatic heterocycles. The lowest BCUT2D eigenvalue weighted by Gasteiger charge is -1.93. The van der Waals surface area contributed by atoms with E-state index in [1.165, 1.54) is 0 Å². The van der Waals surface area contributed by atoms with Crippen molar-refractivity contribution in [1.82, 2.24) is 4.98 Å². The second-order valence-electron chi connectivity index (χ2n) is 3.14. The second-order valence-corrected chi connectivity index (χ2v) is 3.14. The van der Waals surface area contributed by atoms with Gasteiger partial charge in [0.2, 0.25) is 0 Å². The third kappa shape index (κ3) is 2.52. The molecule has 0 aliphatic carbocycles. The van der Waals surface area contributed by atoms with Crippen molar-refractivity contribution >= 4 is 17.6 Å². The molecule has 0 spiro atoms. The summed E-state index contributed by atoms with van der Waals surface area (Å²) in [6.07, 6.45) is 3.43. The van der Waals surface area contributed by atoms with E-state index in [0.29, 0.717) is 5.69 Å². The molecule has 0 aliphatic rings. The predicted octanol–water partition coefficient (Wildman–Crippen LogP) is 3.38. The summed E-state index contributed by atoms with van der Waals surface area (Å²) in [6.45, 7) is 6.83. The van der Waals surface area contributed by atoms with Gasteiger partial charge in [0.05, 0.1) is 24.2 Å². The highest BCUT2D eigenvalue weighted by Gasteiger charge is 1.91. The summed E-state index contributed by atoms with van der Waals surface area (Å²) in [7, 11) is 0. The van der Waals surface area contributed by atoms with Gasteiger partial charge < -0.3 is 0 Å². The number of rotatable bonds is 2. The molecule has 0 saturated heterocycles. The van der Waals surface area contributed by atoms with Gasteiger partial charge in [-0.3, -0.25) is 9.98 Å². The molecule has 1 aromatic carbocycles. The first-order chi connectivity index (χ1) is 7.88. The van der Waals surface area contributed by atoms with Crippen molar-refractivity contribution in [3.05, 3.63) is 65.8 Å². The van der Waals surface area contributed by atoms with Gasteiger partial charge in [-0.15, -0.1) is 0 Å². The quantitative estimate of drug-likeness (QED) is 0.548. The maximum absolute atomic E-state index is 6.83. The van der Waals surface area contributed by atoms with E-state index in [4.69, 9.17) is 6.57 Å². The van der Waals surface area contributed by atoms with Crippen LogP contribution >= 0.6 is 0 Å². The van der Waals surface area contributed by atoms with Crippen LogP contribution in [-0.4, -0.2) is 11.2 Å². The van der Waals surface area contributed by atoms with Crippen molar-refractivity contribution in [3.8, 4) is 0 Å². The van der Waals surface area contributed by atoms with Crippen LogP contribution < -0.4 is 0 Å². The summed E-state index contributed by atoms with van der Waals surface area (Å²) in [5.41, 5.74) is 2.26. The van der Waals surface area contributed by atoms with Crippen LogP contribution in [0.15, 0.2) is 53.7 Å². The molecular formula is C13H9N3. The van der Waals surface area contributed by atoms with Crippen LogP contribution in [0.5, 0.6) is 0 Å². The van der Waals surface area contributed by atoms with Crippen LogP contribution in [0, 0.1) is 6.57 Å². The molecule has 0 amide bonds. The summed E-state index contributed by atoms with van der Waals surface area (Å²) in [5.74, 6) is 0. The standard InChI is InChI=1S/C13H9N3/c1-14-11-5-7-12(8-6-11)16-10-13-4-2-3-9-15-13/h2-10H. The van der Waals surface area contributed by atoms with Gasteiger partial charge in [0.25, 0.3) is 0 Å². The summed E-state index contributed by atoms with van der Waals surface area (Å²) in [6, 6.07) is 12.8. The van der Waals surface area contributed by atoms with Gasteiger partial charge in [0, 0.05) is 6.20 Å². The average Bonchev–Trinajstić information content (AvgIpc) is 2.38. The van der Waals surface area contributed by atoms with Crippen molar-refractivity contribution in [2.45, 2.75) is 0 Å². The van der Waals surface area contributed by atoms with E-state index in [2.05, 4.69) is 14.8 Å². The third-order valence-corrected chi connectivity index (χ3v) is 2.01. The molecule has 0 aliphatic heterocycles. The lowest BCUT2D eigenvalue weighted by Crippen LogP contribution is -1.83. The van der Waals surface area contributed by atoms with Crippen LogP contribution in [0.2, 0.25) is 0 Å². The lowest BCUT2D eigenvalue weighted by atomic mass is 10.3. The zero-order valence-corrected chi connectivity index (χ0v) is 8.54. The summed E-state index contributed by atoms with van der Waals surface area (Å²) in [5, 5.41) is 0. The van der Waals surface area contributed by atoms with E-state index in [1.807, 2.05) is 30.3 Å². The van der Waals surface area contributed by atoms with Gasteiger partial charge in [-0.25, -0.2) is 4.85 Å². The number of pyridine rings is 1. The minimum atomic E-state index is 0.622. The van der Waals surface area contributed by atoms with Crippen LogP contribution in [0.25, 0.3) is 4.85 Å². The fourth-order valence-electron chi connectivity index (χ4n) is 1.21. The molecule has 16 heavy (non-hydrogen) atoms. The van der Waals surface area contributed by atoms with E-state index < -0.39 is 0 Å². The average molecular weight is 207 g/mol. The van der Waals surface area contributed by atoms with Crippen LogP contribution in [0.4, 0.5) is 11.4 Å². The number of aromatic nitrogens is 1. The molecule has 0 fully saturated rings. The van der Waals surface area contributed by atoms with Gasteiger partial charge in [-0.1, -0.05) is 18.2 Å². The Kier molecular flexibility index (Phi) is 3.05. The third-order valence-electron chi connectivity index (χ3n) is 2.01. The van der Waals surface area contributed by atoms with Crippen molar-refractivity contribution in [2.24, 2.45) is 4.99 Å². The minimum absolute atomic E-state index is 0.622. The van der Waals surface area contributed by atoms with Crippen molar-refractivity contribution in [3.63, 3.8) is 0 Å². The summed E-state index contributed by atoms with van der Waals surface area (Å²) in [4.78, 5) is 11.7. The van der Waals surface area contributed by atoms with Crippen LogP contribution in [-0.2, 0) is 0 Å². The van der Waals surface area contributed by atoms with E-state index in [9.17, 15) is 0 Å². The van der Waals surface area contributed by atoms with E-state index in [1.54, 1.807) is 24.5 Å².